The third kappa shape index (κ3) is 4.15. The Labute approximate surface area is 164 Å². The summed E-state index contributed by atoms with van der Waals surface area (Å²) >= 11 is 6.12. The molecule has 1 aromatic heterocycles. The molecule has 1 heterocycles. The van der Waals surface area contributed by atoms with E-state index in [2.05, 4.69) is 19.2 Å². The first-order chi connectivity index (χ1) is 12.9. The Bertz CT molecular complexity index is 997. The first kappa shape index (κ1) is 19.4. The molecule has 3 rings (SSSR count). The predicted octanol–water partition coefficient (Wildman–Crippen LogP) is 4.35. The SMILES string of the molecule is COc1ccc(-n2c(C(C)NCC(C)C)nc3cc(Cl)ccc3c2=O)cc1. The van der Waals surface area contributed by atoms with Gasteiger partial charge in [-0.3, -0.25) is 9.36 Å². The molecule has 142 valence electrons. The summed E-state index contributed by atoms with van der Waals surface area (Å²) < 4.78 is 6.89. The van der Waals surface area contributed by atoms with Crippen LogP contribution in [0, 0.1) is 5.92 Å². The summed E-state index contributed by atoms with van der Waals surface area (Å²) in [5.41, 5.74) is 1.24. The van der Waals surface area contributed by atoms with E-state index in [1.807, 2.05) is 31.2 Å². The molecule has 1 atom stereocenters. The number of hydrogen-bond acceptors (Lipinski definition) is 4. The van der Waals surface area contributed by atoms with Crippen LogP contribution in [0.3, 0.4) is 0 Å². The van der Waals surface area contributed by atoms with Gasteiger partial charge in [-0.2, -0.15) is 0 Å². The third-order valence-corrected chi connectivity index (χ3v) is 4.64. The van der Waals surface area contributed by atoms with Crippen molar-refractivity contribution in [1.82, 2.24) is 14.9 Å². The summed E-state index contributed by atoms with van der Waals surface area (Å²) in [5.74, 6) is 1.88. The topological polar surface area (TPSA) is 56.1 Å². The molecule has 6 heteroatoms. The lowest BCUT2D eigenvalue weighted by Gasteiger charge is -2.20. The van der Waals surface area contributed by atoms with Crippen molar-refractivity contribution in [1.29, 1.82) is 0 Å². The molecule has 0 amide bonds. The maximum absolute atomic E-state index is 13.3. The second kappa shape index (κ2) is 8.11. The van der Waals surface area contributed by atoms with Crippen molar-refractivity contribution in [3.8, 4) is 11.4 Å². The second-order valence-corrected chi connectivity index (χ2v) is 7.43. The molecule has 3 aromatic rings. The van der Waals surface area contributed by atoms with Crippen molar-refractivity contribution >= 4 is 22.5 Å². The summed E-state index contributed by atoms with van der Waals surface area (Å²) in [6.45, 7) is 7.13. The standard InChI is InChI=1S/C21H24ClN3O2/c1-13(2)12-23-14(3)20-24-19-11-15(22)5-10-18(19)21(26)25(20)16-6-8-17(27-4)9-7-16/h5-11,13-14,23H,12H2,1-4H3. The van der Waals surface area contributed by atoms with Gasteiger partial charge in [0.05, 0.1) is 29.7 Å². The number of fused-ring (bicyclic) bond motifs is 1. The lowest BCUT2D eigenvalue weighted by atomic mass is 10.1. The number of halogens is 1. The Hall–Kier alpha value is -2.37. The molecular weight excluding hydrogens is 362 g/mol. The molecule has 0 aliphatic rings. The van der Waals surface area contributed by atoms with Gasteiger partial charge in [-0.05, 0) is 61.9 Å². The van der Waals surface area contributed by atoms with Crippen LogP contribution in [-0.2, 0) is 0 Å². The Morgan fingerprint density at radius 2 is 1.85 bits per heavy atom. The number of aromatic nitrogens is 2. The third-order valence-electron chi connectivity index (χ3n) is 4.41. The minimum Gasteiger partial charge on any atom is -0.497 e. The zero-order chi connectivity index (χ0) is 19.6. The molecule has 0 fully saturated rings. The van der Waals surface area contributed by atoms with Crippen molar-refractivity contribution in [2.45, 2.75) is 26.8 Å². The molecule has 0 saturated carbocycles. The van der Waals surface area contributed by atoms with Gasteiger partial charge in [-0.1, -0.05) is 25.4 Å². The quantitative estimate of drug-likeness (QED) is 0.685. The van der Waals surface area contributed by atoms with Crippen molar-refractivity contribution < 1.29 is 4.74 Å². The highest BCUT2D eigenvalue weighted by atomic mass is 35.5. The minimum absolute atomic E-state index is 0.106. The lowest BCUT2D eigenvalue weighted by Crippen LogP contribution is -2.31. The fourth-order valence-electron chi connectivity index (χ4n) is 2.95. The predicted molar refractivity (Wildman–Crippen MR) is 110 cm³/mol. The Morgan fingerprint density at radius 1 is 1.15 bits per heavy atom. The Kier molecular flexibility index (Phi) is 5.82. The molecule has 0 spiro atoms. The molecule has 0 aliphatic carbocycles. The van der Waals surface area contributed by atoms with Crippen LogP contribution in [0.5, 0.6) is 5.75 Å². The van der Waals surface area contributed by atoms with Gasteiger partial charge in [0, 0.05) is 5.02 Å². The van der Waals surface area contributed by atoms with Crippen LogP contribution in [0.4, 0.5) is 0 Å². The number of nitrogens with one attached hydrogen (secondary N) is 1. The van der Waals surface area contributed by atoms with E-state index in [0.717, 1.165) is 18.0 Å². The fraction of sp³-hybridized carbons (Fsp3) is 0.333. The van der Waals surface area contributed by atoms with E-state index in [0.29, 0.717) is 27.7 Å². The zero-order valence-corrected chi connectivity index (χ0v) is 16.7. The number of hydrogen-bond donors (Lipinski definition) is 1. The minimum atomic E-state index is -0.116. The Balaban J connectivity index is 2.21. The van der Waals surface area contributed by atoms with Crippen molar-refractivity contribution in [2.24, 2.45) is 5.92 Å². The monoisotopic (exact) mass is 385 g/mol. The van der Waals surface area contributed by atoms with E-state index in [-0.39, 0.29) is 11.6 Å². The van der Waals surface area contributed by atoms with Crippen LogP contribution in [0.1, 0.15) is 32.6 Å². The molecule has 0 radical (unpaired) electrons. The van der Waals surface area contributed by atoms with Gasteiger partial charge in [-0.15, -0.1) is 0 Å². The van der Waals surface area contributed by atoms with Gasteiger partial charge in [0.2, 0.25) is 0 Å². The molecule has 0 saturated heterocycles. The summed E-state index contributed by atoms with van der Waals surface area (Å²) in [7, 11) is 1.62. The van der Waals surface area contributed by atoms with Gasteiger partial charge in [0.15, 0.2) is 0 Å². The van der Waals surface area contributed by atoms with Crippen LogP contribution in [0.2, 0.25) is 5.02 Å². The number of benzene rings is 2. The van der Waals surface area contributed by atoms with Gasteiger partial charge in [0.25, 0.3) is 5.56 Å². The number of ether oxygens (including phenoxy) is 1. The van der Waals surface area contributed by atoms with Crippen LogP contribution >= 0.6 is 11.6 Å². The number of rotatable bonds is 6. The molecule has 0 bridgehead atoms. The maximum Gasteiger partial charge on any atom is 0.266 e. The van der Waals surface area contributed by atoms with Crippen LogP contribution in [-0.4, -0.2) is 23.2 Å². The van der Waals surface area contributed by atoms with Crippen molar-refractivity contribution in [2.75, 3.05) is 13.7 Å². The van der Waals surface area contributed by atoms with Gasteiger partial charge < -0.3 is 10.1 Å². The second-order valence-electron chi connectivity index (χ2n) is 6.99. The maximum atomic E-state index is 13.3. The van der Waals surface area contributed by atoms with E-state index in [1.54, 1.807) is 29.9 Å². The highest BCUT2D eigenvalue weighted by Crippen LogP contribution is 2.22. The van der Waals surface area contributed by atoms with Gasteiger partial charge in [-0.25, -0.2) is 4.98 Å². The van der Waals surface area contributed by atoms with Gasteiger partial charge >= 0.3 is 0 Å². The van der Waals surface area contributed by atoms with E-state index >= 15 is 0 Å². The van der Waals surface area contributed by atoms with E-state index in [4.69, 9.17) is 21.3 Å². The lowest BCUT2D eigenvalue weighted by molar-refractivity contribution is 0.414. The van der Waals surface area contributed by atoms with E-state index in [9.17, 15) is 4.79 Å². The average molecular weight is 386 g/mol. The molecule has 2 aromatic carbocycles. The highest BCUT2D eigenvalue weighted by Gasteiger charge is 2.18. The fourth-order valence-corrected chi connectivity index (χ4v) is 3.12. The summed E-state index contributed by atoms with van der Waals surface area (Å²) in [4.78, 5) is 18.1. The average Bonchev–Trinajstić information content (AvgIpc) is 2.65. The summed E-state index contributed by atoms with van der Waals surface area (Å²) in [5, 5.41) is 4.56. The van der Waals surface area contributed by atoms with E-state index < -0.39 is 0 Å². The molecule has 0 aliphatic heterocycles. The first-order valence-electron chi connectivity index (χ1n) is 9.00. The largest absolute Gasteiger partial charge is 0.497 e. The van der Waals surface area contributed by atoms with Crippen LogP contribution < -0.4 is 15.6 Å². The highest BCUT2D eigenvalue weighted by molar-refractivity contribution is 6.31. The van der Waals surface area contributed by atoms with Crippen LogP contribution in [0.25, 0.3) is 16.6 Å². The summed E-state index contributed by atoms with van der Waals surface area (Å²) in [6.07, 6.45) is 0. The van der Waals surface area contributed by atoms with Crippen LogP contribution in [0.15, 0.2) is 47.3 Å². The van der Waals surface area contributed by atoms with Crippen molar-refractivity contribution in [3.05, 3.63) is 63.7 Å². The van der Waals surface area contributed by atoms with Gasteiger partial charge in [0.1, 0.15) is 11.6 Å². The molecule has 1 unspecified atom stereocenters. The smallest absolute Gasteiger partial charge is 0.266 e. The first-order valence-corrected chi connectivity index (χ1v) is 9.38. The Morgan fingerprint density at radius 3 is 2.48 bits per heavy atom. The summed E-state index contributed by atoms with van der Waals surface area (Å²) in [6, 6.07) is 12.5. The zero-order valence-electron chi connectivity index (χ0n) is 16.0. The molecule has 5 nitrogen and oxygen atoms in total. The molecule has 1 N–H and O–H groups in total. The van der Waals surface area contributed by atoms with Crippen molar-refractivity contribution in [3.63, 3.8) is 0 Å². The van der Waals surface area contributed by atoms with E-state index in [1.165, 1.54) is 0 Å². The normalized spacial score (nSPS) is 12.5. The number of methoxy groups -OCH3 is 1. The number of nitrogens with zero attached hydrogens (tertiary/aromatic N) is 2. The molecular formula is C21H24ClN3O2. The molecule has 27 heavy (non-hydrogen) atoms.